The summed E-state index contributed by atoms with van der Waals surface area (Å²) in [6.45, 7) is 9.28. The molecule has 9 heteroatoms. The van der Waals surface area contributed by atoms with Crippen LogP contribution in [0.2, 0.25) is 0 Å². The number of benzene rings is 2. The number of nitro groups is 1. The summed E-state index contributed by atoms with van der Waals surface area (Å²) in [7, 11) is 0. The summed E-state index contributed by atoms with van der Waals surface area (Å²) in [5.41, 5.74) is 5.76. The maximum absolute atomic E-state index is 13.3. The van der Waals surface area contributed by atoms with Crippen LogP contribution in [0.5, 0.6) is 0 Å². The molecule has 0 unspecified atom stereocenters. The minimum atomic E-state index is -0.799. The number of nitro benzene ring substituents is 1. The molecule has 0 radical (unpaired) electrons. The molecule has 9 nitrogen and oxygen atoms in total. The lowest BCUT2D eigenvalue weighted by Gasteiger charge is -2.26. The quantitative estimate of drug-likeness (QED) is 0.258. The normalized spacial score (nSPS) is 15.1. The van der Waals surface area contributed by atoms with E-state index in [1.165, 1.54) is 18.2 Å². The lowest BCUT2D eigenvalue weighted by molar-refractivity contribution is -0.384. The largest absolute Gasteiger partial charge is 0.335 e. The number of nitrogens with zero attached hydrogens (tertiary/aromatic N) is 3. The van der Waals surface area contributed by atoms with Crippen molar-refractivity contribution in [3.63, 3.8) is 0 Å². The minimum absolute atomic E-state index is 0.00312. The van der Waals surface area contributed by atoms with Crippen LogP contribution in [0.1, 0.15) is 33.6 Å². The van der Waals surface area contributed by atoms with Crippen LogP contribution in [0.25, 0.3) is 11.8 Å². The van der Waals surface area contributed by atoms with Gasteiger partial charge in [-0.25, -0.2) is 9.69 Å². The summed E-state index contributed by atoms with van der Waals surface area (Å²) in [4.78, 5) is 50.0. The molecule has 2 heterocycles. The predicted molar refractivity (Wildman–Crippen MR) is 132 cm³/mol. The van der Waals surface area contributed by atoms with Crippen LogP contribution in [-0.4, -0.2) is 27.3 Å². The van der Waals surface area contributed by atoms with Gasteiger partial charge in [0.05, 0.1) is 10.6 Å². The first-order chi connectivity index (χ1) is 16.5. The summed E-state index contributed by atoms with van der Waals surface area (Å²) < 4.78 is 1.91. The second kappa shape index (κ2) is 8.68. The monoisotopic (exact) mass is 472 g/mol. The Morgan fingerprint density at radius 3 is 2.23 bits per heavy atom. The Hall–Kier alpha value is -4.53. The van der Waals surface area contributed by atoms with Crippen molar-refractivity contribution in [2.45, 2.75) is 34.6 Å². The molecule has 0 spiro atoms. The first-order valence-corrected chi connectivity index (χ1v) is 10.9. The Morgan fingerprint density at radius 1 is 0.886 bits per heavy atom. The Balaban J connectivity index is 1.77. The van der Waals surface area contributed by atoms with Gasteiger partial charge in [-0.1, -0.05) is 6.07 Å². The Labute approximate surface area is 201 Å². The van der Waals surface area contributed by atoms with Gasteiger partial charge in [0, 0.05) is 29.2 Å². The van der Waals surface area contributed by atoms with Gasteiger partial charge in [-0.15, -0.1) is 0 Å². The molecule has 1 fully saturated rings. The van der Waals surface area contributed by atoms with Crippen molar-refractivity contribution >= 4 is 35.3 Å². The van der Waals surface area contributed by atoms with Gasteiger partial charge in [0.1, 0.15) is 5.57 Å². The van der Waals surface area contributed by atoms with Crippen molar-refractivity contribution in [1.82, 2.24) is 9.88 Å². The van der Waals surface area contributed by atoms with Crippen molar-refractivity contribution in [1.29, 1.82) is 0 Å². The number of barbiturate groups is 1. The number of nitrogens with one attached hydrogen (secondary N) is 1. The number of amides is 4. The Kier molecular flexibility index (Phi) is 5.86. The van der Waals surface area contributed by atoms with E-state index >= 15 is 0 Å². The van der Waals surface area contributed by atoms with Crippen LogP contribution in [0.3, 0.4) is 0 Å². The molecule has 2 aromatic carbocycles. The zero-order chi connectivity index (χ0) is 25.6. The Bertz CT molecular complexity index is 1460. The van der Waals surface area contributed by atoms with E-state index in [4.69, 9.17) is 0 Å². The van der Waals surface area contributed by atoms with E-state index in [9.17, 15) is 24.5 Å². The molecule has 35 heavy (non-hydrogen) atoms. The third-order valence-electron chi connectivity index (χ3n) is 6.25. The molecule has 178 valence electrons. The highest BCUT2D eigenvalue weighted by Crippen LogP contribution is 2.29. The van der Waals surface area contributed by atoms with Crippen LogP contribution in [-0.2, 0) is 9.59 Å². The SMILES string of the molecule is Cc1ccc(N2C(=O)NC(=O)/C(=C\c3cc(C)n(-c4ccc([N+](=O)[O-])cc4C)c3C)C2=O)cc1C. The molecule has 3 aromatic rings. The number of non-ortho nitro benzene ring substituents is 1. The number of anilines is 1. The maximum Gasteiger partial charge on any atom is 0.335 e. The second-order valence-corrected chi connectivity index (χ2v) is 8.62. The number of hydrogen-bond donors (Lipinski definition) is 1. The highest BCUT2D eigenvalue weighted by atomic mass is 16.6. The van der Waals surface area contributed by atoms with Crippen LogP contribution >= 0.6 is 0 Å². The smallest absolute Gasteiger partial charge is 0.318 e. The van der Waals surface area contributed by atoms with E-state index in [1.807, 2.05) is 44.4 Å². The zero-order valence-electron chi connectivity index (χ0n) is 20.0. The first-order valence-electron chi connectivity index (χ1n) is 10.9. The molecule has 4 amide bonds. The van der Waals surface area contributed by atoms with Crippen molar-refractivity contribution in [3.05, 3.63) is 91.8 Å². The fraction of sp³-hybridized carbons (Fsp3) is 0.192. The number of imide groups is 2. The van der Waals surface area contributed by atoms with Crippen molar-refractivity contribution in [2.24, 2.45) is 0 Å². The van der Waals surface area contributed by atoms with Gasteiger partial charge in [0.15, 0.2) is 0 Å². The molecule has 1 aromatic heterocycles. The summed E-state index contributed by atoms with van der Waals surface area (Å²) in [5, 5.41) is 13.4. The maximum atomic E-state index is 13.3. The van der Waals surface area contributed by atoms with E-state index in [1.54, 1.807) is 25.1 Å². The average molecular weight is 473 g/mol. The molecule has 1 N–H and O–H groups in total. The van der Waals surface area contributed by atoms with E-state index in [0.29, 0.717) is 16.8 Å². The van der Waals surface area contributed by atoms with E-state index in [2.05, 4.69) is 5.32 Å². The average Bonchev–Trinajstić information content (AvgIpc) is 3.06. The van der Waals surface area contributed by atoms with E-state index < -0.39 is 22.8 Å². The fourth-order valence-corrected chi connectivity index (χ4v) is 4.22. The summed E-state index contributed by atoms with van der Waals surface area (Å²) in [5.74, 6) is -1.48. The molecule has 1 saturated heterocycles. The van der Waals surface area contributed by atoms with Gasteiger partial charge >= 0.3 is 6.03 Å². The van der Waals surface area contributed by atoms with Crippen molar-refractivity contribution < 1.29 is 19.3 Å². The highest BCUT2D eigenvalue weighted by molar-refractivity contribution is 6.39. The lowest BCUT2D eigenvalue weighted by Crippen LogP contribution is -2.54. The van der Waals surface area contributed by atoms with Crippen molar-refractivity contribution in [3.8, 4) is 5.69 Å². The zero-order valence-corrected chi connectivity index (χ0v) is 20.0. The number of aryl methyl sites for hydroxylation is 4. The van der Waals surface area contributed by atoms with Crippen LogP contribution < -0.4 is 10.2 Å². The topological polar surface area (TPSA) is 115 Å². The molecular formula is C26H24N4O5. The molecule has 0 atom stereocenters. The van der Waals surface area contributed by atoms with Gasteiger partial charge in [-0.3, -0.25) is 25.0 Å². The van der Waals surface area contributed by atoms with Crippen molar-refractivity contribution in [2.75, 3.05) is 4.90 Å². The van der Waals surface area contributed by atoms with Gasteiger partial charge in [-0.2, -0.15) is 0 Å². The van der Waals surface area contributed by atoms with Gasteiger partial charge < -0.3 is 4.57 Å². The summed E-state index contributed by atoms with van der Waals surface area (Å²) >= 11 is 0. The third-order valence-corrected chi connectivity index (χ3v) is 6.25. The minimum Gasteiger partial charge on any atom is -0.318 e. The molecule has 0 saturated carbocycles. The molecule has 1 aliphatic rings. The summed E-state index contributed by atoms with van der Waals surface area (Å²) in [6.07, 6.45) is 1.47. The van der Waals surface area contributed by atoms with Crippen LogP contribution in [0.15, 0.2) is 48.0 Å². The number of rotatable bonds is 4. The first kappa shape index (κ1) is 23.6. The standard InChI is InChI=1S/C26H24N4O5/c1-14-6-7-20(10-15(14)2)29-25(32)22(24(31)27-26(29)33)13-19-12-17(4)28(18(19)5)23-9-8-21(30(34)35)11-16(23)3/h6-13H,1-5H3,(H,27,31,33)/b22-13+. The fourth-order valence-electron chi connectivity index (χ4n) is 4.22. The van der Waals surface area contributed by atoms with Gasteiger partial charge in [0.25, 0.3) is 17.5 Å². The van der Waals surface area contributed by atoms with Gasteiger partial charge in [0.2, 0.25) is 0 Å². The second-order valence-electron chi connectivity index (χ2n) is 8.62. The molecule has 1 aliphatic heterocycles. The Morgan fingerprint density at radius 2 is 1.60 bits per heavy atom. The number of urea groups is 1. The molecular weight excluding hydrogens is 448 g/mol. The number of carbonyl (C=O) groups is 3. The molecule has 4 rings (SSSR count). The van der Waals surface area contributed by atoms with E-state index in [-0.39, 0.29) is 11.3 Å². The number of hydrogen-bond acceptors (Lipinski definition) is 5. The number of aromatic nitrogens is 1. The molecule has 0 bridgehead atoms. The summed E-state index contributed by atoms with van der Waals surface area (Å²) in [6, 6.07) is 10.8. The van der Waals surface area contributed by atoms with Crippen LogP contribution in [0, 0.1) is 44.7 Å². The molecule has 0 aliphatic carbocycles. The highest BCUT2D eigenvalue weighted by Gasteiger charge is 2.37. The van der Waals surface area contributed by atoms with Gasteiger partial charge in [-0.05, 0) is 87.2 Å². The lowest BCUT2D eigenvalue weighted by atomic mass is 10.1. The van der Waals surface area contributed by atoms with Crippen LogP contribution in [0.4, 0.5) is 16.2 Å². The predicted octanol–water partition coefficient (Wildman–Crippen LogP) is 4.59. The number of carbonyl (C=O) groups excluding carboxylic acids is 3. The third kappa shape index (κ3) is 4.12. The van der Waals surface area contributed by atoms with E-state index in [0.717, 1.165) is 33.1 Å².